The Labute approximate surface area is 155 Å². The lowest BCUT2D eigenvalue weighted by molar-refractivity contribution is -0.385. The number of esters is 1. The molecule has 0 N–H and O–H groups in total. The summed E-state index contributed by atoms with van der Waals surface area (Å²) >= 11 is 0. The fourth-order valence-corrected chi connectivity index (χ4v) is 3.33. The van der Waals surface area contributed by atoms with Gasteiger partial charge >= 0.3 is 5.97 Å². The van der Waals surface area contributed by atoms with Gasteiger partial charge in [-0.25, -0.2) is 9.18 Å². The molecule has 0 bridgehead atoms. The number of anilines is 1. The molecule has 0 atom stereocenters. The van der Waals surface area contributed by atoms with Crippen molar-refractivity contribution in [2.45, 2.75) is 19.9 Å². The first-order chi connectivity index (χ1) is 13.0. The van der Waals surface area contributed by atoms with Gasteiger partial charge < -0.3 is 14.4 Å². The number of nitro benzene ring substituents is 1. The standard InChI is InChI=1S/C19H19FN2O5/c1-3-27-19(23)15-9-13(22(24)25)10-16(20)18(15)21-8-7-14-12(11-21)5-4-6-17(14)26-2/h4-6,9-10H,3,7-8,11H2,1-2H3. The summed E-state index contributed by atoms with van der Waals surface area (Å²) in [7, 11) is 1.59. The first kappa shape index (κ1) is 18.6. The van der Waals surface area contributed by atoms with E-state index in [0.29, 0.717) is 19.5 Å². The molecular weight excluding hydrogens is 355 g/mol. The van der Waals surface area contributed by atoms with Crippen LogP contribution < -0.4 is 9.64 Å². The highest BCUT2D eigenvalue weighted by molar-refractivity contribution is 5.97. The van der Waals surface area contributed by atoms with Crippen molar-refractivity contribution >= 4 is 17.3 Å². The zero-order chi connectivity index (χ0) is 19.6. The van der Waals surface area contributed by atoms with Crippen LogP contribution in [0.1, 0.15) is 28.4 Å². The van der Waals surface area contributed by atoms with Gasteiger partial charge in [0.05, 0.1) is 36.0 Å². The smallest absolute Gasteiger partial charge is 0.340 e. The van der Waals surface area contributed by atoms with Gasteiger partial charge in [0.2, 0.25) is 0 Å². The second-order valence-electron chi connectivity index (χ2n) is 6.07. The summed E-state index contributed by atoms with van der Waals surface area (Å²) in [5.74, 6) is -0.841. The lowest BCUT2D eigenvalue weighted by atomic mass is 9.97. The molecule has 2 aromatic carbocycles. The first-order valence-corrected chi connectivity index (χ1v) is 8.51. The largest absolute Gasteiger partial charge is 0.496 e. The first-order valence-electron chi connectivity index (χ1n) is 8.51. The molecule has 1 heterocycles. The molecule has 0 unspecified atom stereocenters. The van der Waals surface area contributed by atoms with Gasteiger partial charge in [-0.2, -0.15) is 0 Å². The van der Waals surface area contributed by atoms with E-state index in [1.807, 2.05) is 18.2 Å². The summed E-state index contributed by atoms with van der Waals surface area (Å²) in [6, 6.07) is 7.53. The minimum atomic E-state index is -0.821. The van der Waals surface area contributed by atoms with E-state index in [-0.39, 0.29) is 17.9 Å². The molecule has 8 heteroatoms. The van der Waals surface area contributed by atoms with E-state index in [1.165, 1.54) is 0 Å². The summed E-state index contributed by atoms with van der Waals surface area (Å²) in [6.45, 7) is 2.50. The van der Waals surface area contributed by atoms with E-state index in [2.05, 4.69) is 0 Å². The highest BCUT2D eigenvalue weighted by atomic mass is 19.1. The summed E-state index contributed by atoms with van der Waals surface area (Å²) in [6.07, 6.45) is 0.595. The number of nitro groups is 1. The Balaban J connectivity index is 2.05. The number of fused-ring (bicyclic) bond motifs is 1. The van der Waals surface area contributed by atoms with Crippen LogP contribution in [0, 0.1) is 15.9 Å². The maximum absolute atomic E-state index is 14.8. The molecule has 0 saturated carbocycles. The molecule has 1 aliphatic rings. The van der Waals surface area contributed by atoms with Gasteiger partial charge in [0.15, 0.2) is 5.82 Å². The van der Waals surface area contributed by atoms with Crippen molar-refractivity contribution in [2.24, 2.45) is 0 Å². The third kappa shape index (κ3) is 3.55. The average molecular weight is 374 g/mol. The van der Waals surface area contributed by atoms with Gasteiger partial charge in [0.25, 0.3) is 5.69 Å². The molecular formula is C19H19FN2O5. The van der Waals surface area contributed by atoms with Crippen LogP contribution in [0.25, 0.3) is 0 Å². The predicted molar refractivity (Wildman–Crippen MR) is 96.8 cm³/mol. The third-order valence-corrected chi connectivity index (χ3v) is 4.51. The molecule has 7 nitrogen and oxygen atoms in total. The molecule has 0 spiro atoms. The van der Waals surface area contributed by atoms with Gasteiger partial charge in [-0.1, -0.05) is 12.1 Å². The minimum absolute atomic E-state index is 0.0209. The fourth-order valence-electron chi connectivity index (χ4n) is 3.33. The normalized spacial score (nSPS) is 13.1. The van der Waals surface area contributed by atoms with E-state index >= 15 is 0 Å². The third-order valence-electron chi connectivity index (χ3n) is 4.51. The molecule has 27 heavy (non-hydrogen) atoms. The van der Waals surface area contributed by atoms with Crippen molar-refractivity contribution in [3.05, 3.63) is 63.0 Å². The molecule has 0 amide bonds. The van der Waals surface area contributed by atoms with E-state index in [0.717, 1.165) is 29.0 Å². The second kappa shape index (κ2) is 7.61. The Morgan fingerprint density at radius 1 is 1.37 bits per heavy atom. The number of halogens is 1. The van der Waals surface area contributed by atoms with Gasteiger partial charge in [-0.3, -0.25) is 10.1 Å². The van der Waals surface area contributed by atoms with Crippen molar-refractivity contribution in [1.82, 2.24) is 0 Å². The van der Waals surface area contributed by atoms with E-state index in [4.69, 9.17) is 9.47 Å². The van der Waals surface area contributed by atoms with Gasteiger partial charge in [0.1, 0.15) is 5.75 Å². The van der Waals surface area contributed by atoms with Crippen molar-refractivity contribution in [2.75, 3.05) is 25.2 Å². The second-order valence-corrected chi connectivity index (χ2v) is 6.07. The van der Waals surface area contributed by atoms with Gasteiger partial charge in [-0.15, -0.1) is 0 Å². The van der Waals surface area contributed by atoms with Crippen LogP contribution in [0.5, 0.6) is 5.75 Å². The molecule has 0 radical (unpaired) electrons. The molecule has 0 aliphatic carbocycles. The molecule has 0 fully saturated rings. The Bertz CT molecular complexity index is 900. The van der Waals surface area contributed by atoms with Gasteiger partial charge in [0, 0.05) is 24.7 Å². The number of hydrogen-bond donors (Lipinski definition) is 0. The Kier molecular flexibility index (Phi) is 5.25. The zero-order valence-electron chi connectivity index (χ0n) is 15.0. The molecule has 0 saturated heterocycles. The number of carbonyl (C=O) groups is 1. The predicted octanol–water partition coefficient (Wildman–Crippen LogP) is 3.48. The summed E-state index contributed by atoms with van der Waals surface area (Å²) < 4.78 is 25.2. The van der Waals surface area contributed by atoms with Crippen LogP contribution in [0.4, 0.5) is 15.8 Å². The number of rotatable bonds is 5. The number of carbonyl (C=O) groups excluding carboxylic acids is 1. The van der Waals surface area contributed by atoms with E-state index < -0.39 is 22.4 Å². The lowest BCUT2D eigenvalue weighted by Gasteiger charge is -2.32. The van der Waals surface area contributed by atoms with Gasteiger partial charge in [-0.05, 0) is 25.0 Å². The van der Waals surface area contributed by atoms with Crippen LogP contribution in [-0.4, -0.2) is 31.2 Å². The highest BCUT2D eigenvalue weighted by Crippen LogP contribution is 2.35. The quantitative estimate of drug-likeness (QED) is 0.453. The number of ether oxygens (including phenoxy) is 2. The highest BCUT2D eigenvalue weighted by Gasteiger charge is 2.29. The number of benzene rings is 2. The van der Waals surface area contributed by atoms with Crippen LogP contribution in [0.15, 0.2) is 30.3 Å². The van der Waals surface area contributed by atoms with Crippen LogP contribution in [0.3, 0.4) is 0 Å². The van der Waals surface area contributed by atoms with Crippen LogP contribution >= 0.6 is 0 Å². The SMILES string of the molecule is CCOC(=O)c1cc([N+](=O)[O-])cc(F)c1N1CCc2c(cccc2OC)C1. The number of nitrogens with zero attached hydrogens (tertiary/aromatic N) is 2. The van der Waals surface area contributed by atoms with Crippen molar-refractivity contribution in [3.8, 4) is 5.75 Å². The average Bonchev–Trinajstić information content (AvgIpc) is 2.66. The maximum atomic E-state index is 14.8. The molecule has 0 aromatic heterocycles. The lowest BCUT2D eigenvalue weighted by Crippen LogP contribution is -2.33. The van der Waals surface area contributed by atoms with E-state index in [1.54, 1.807) is 18.9 Å². The molecule has 2 aromatic rings. The zero-order valence-corrected chi connectivity index (χ0v) is 15.0. The summed E-state index contributed by atoms with van der Waals surface area (Å²) in [5.41, 5.74) is 1.38. The van der Waals surface area contributed by atoms with Crippen LogP contribution in [-0.2, 0) is 17.7 Å². The maximum Gasteiger partial charge on any atom is 0.340 e. The van der Waals surface area contributed by atoms with Crippen molar-refractivity contribution in [1.29, 1.82) is 0 Å². The van der Waals surface area contributed by atoms with Crippen molar-refractivity contribution in [3.63, 3.8) is 0 Å². The number of non-ortho nitro benzene ring substituents is 1. The topological polar surface area (TPSA) is 81.9 Å². The van der Waals surface area contributed by atoms with Crippen LogP contribution in [0.2, 0.25) is 0 Å². The fraction of sp³-hybridized carbons (Fsp3) is 0.316. The molecule has 1 aliphatic heterocycles. The minimum Gasteiger partial charge on any atom is -0.496 e. The monoisotopic (exact) mass is 374 g/mol. The Morgan fingerprint density at radius 2 is 2.15 bits per heavy atom. The number of hydrogen-bond acceptors (Lipinski definition) is 6. The summed E-state index contributed by atoms with van der Waals surface area (Å²) in [5, 5.41) is 11.1. The summed E-state index contributed by atoms with van der Waals surface area (Å²) in [4.78, 5) is 24.4. The Hall–Kier alpha value is -3.16. The molecule has 142 valence electrons. The number of methoxy groups -OCH3 is 1. The molecule has 3 rings (SSSR count). The van der Waals surface area contributed by atoms with Crippen molar-refractivity contribution < 1.29 is 23.6 Å². The van der Waals surface area contributed by atoms with E-state index in [9.17, 15) is 19.3 Å². The Morgan fingerprint density at radius 3 is 2.81 bits per heavy atom.